The van der Waals surface area contributed by atoms with Gasteiger partial charge in [-0.25, -0.2) is 4.98 Å². The minimum absolute atomic E-state index is 0.0345. The highest BCUT2D eigenvalue weighted by Crippen LogP contribution is 2.38. The Bertz CT molecular complexity index is 1700. The average molecular weight is 580 g/mol. The molecule has 0 saturated carbocycles. The van der Waals surface area contributed by atoms with Gasteiger partial charge in [0.2, 0.25) is 0 Å². The predicted octanol–water partition coefficient (Wildman–Crippen LogP) is 4.82. The van der Waals surface area contributed by atoms with Gasteiger partial charge in [-0.3, -0.25) is 9.78 Å². The van der Waals surface area contributed by atoms with Crippen molar-refractivity contribution in [3.8, 4) is 40.1 Å². The third-order valence-corrected chi connectivity index (χ3v) is 8.83. The van der Waals surface area contributed by atoms with E-state index in [1.807, 2.05) is 30.3 Å². The molecule has 1 N–H and O–H groups in total. The maximum atomic E-state index is 13.1. The fraction of sp³-hybridized carbons (Fsp3) is 0.394. The number of rotatable bonds is 7. The number of methoxy groups -OCH3 is 1. The standard InChI is InChI=1S/C33H33N5O5/c1-40-29-15-23(33(39)37-27-19-38-10-5-20(27)6-11-38)18-36-31(29)30-16-26-32(43-30)25(4-9-35-26)21-2-3-28(22(14-21)17-34)42-24-7-12-41-13-8-24/h2-4,9,14-16,18,20,24,27H,5-8,10-13,19H2,1H3,(H,37,39). The van der Waals surface area contributed by atoms with E-state index >= 15 is 0 Å². The summed E-state index contributed by atoms with van der Waals surface area (Å²) >= 11 is 0. The van der Waals surface area contributed by atoms with Crippen LogP contribution in [0.1, 0.15) is 41.6 Å². The molecule has 3 aromatic heterocycles. The van der Waals surface area contributed by atoms with Crippen LogP contribution in [-0.4, -0.2) is 72.9 Å². The molecule has 10 heteroatoms. The van der Waals surface area contributed by atoms with Gasteiger partial charge in [0, 0.05) is 49.5 Å². The number of nitrogens with one attached hydrogen (secondary N) is 1. The Morgan fingerprint density at radius 3 is 2.65 bits per heavy atom. The van der Waals surface area contributed by atoms with Gasteiger partial charge in [-0.1, -0.05) is 6.07 Å². The molecule has 0 spiro atoms. The first-order valence-electron chi connectivity index (χ1n) is 14.8. The van der Waals surface area contributed by atoms with Crippen molar-refractivity contribution in [2.75, 3.05) is 40.0 Å². The maximum absolute atomic E-state index is 13.1. The van der Waals surface area contributed by atoms with Crippen LogP contribution < -0.4 is 14.8 Å². The molecule has 4 saturated heterocycles. The SMILES string of the molecule is COc1cc(C(=O)NC2CN3CCC2CC3)cnc1-c1cc2nccc(-c3ccc(OC4CCOCC4)c(C#N)c3)c2o1. The lowest BCUT2D eigenvalue weighted by Crippen LogP contribution is -2.57. The second-order valence-corrected chi connectivity index (χ2v) is 11.4. The Labute approximate surface area is 249 Å². The summed E-state index contributed by atoms with van der Waals surface area (Å²) in [5, 5.41) is 13.1. The quantitative estimate of drug-likeness (QED) is 0.328. The molecule has 220 valence electrons. The van der Waals surface area contributed by atoms with Crippen LogP contribution in [0.15, 0.2) is 53.2 Å². The van der Waals surface area contributed by atoms with Crippen LogP contribution in [0.5, 0.6) is 11.5 Å². The second kappa shape index (κ2) is 11.7. The number of fused-ring (bicyclic) bond motifs is 4. The first-order chi connectivity index (χ1) is 21.1. The van der Waals surface area contributed by atoms with E-state index in [1.165, 1.54) is 0 Å². The zero-order valence-electron chi connectivity index (χ0n) is 24.0. The van der Waals surface area contributed by atoms with Crippen LogP contribution in [-0.2, 0) is 4.74 Å². The second-order valence-electron chi connectivity index (χ2n) is 11.4. The summed E-state index contributed by atoms with van der Waals surface area (Å²) in [5.74, 6) is 1.84. The molecule has 7 heterocycles. The van der Waals surface area contributed by atoms with E-state index in [2.05, 4.69) is 26.3 Å². The number of carbonyl (C=O) groups is 1. The average Bonchev–Trinajstić information content (AvgIpc) is 3.50. The fourth-order valence-corrected chi connectivity index (χ4v) is 6.43. The van der Waals surface area contributed by atoms with Crippen molar-refractivity contribution in [2.24, 2.45) is 5.92 Å². The van der Waals surface area contributed by atoms with E-state index in [-0.39, 0.29) is 18.1 Å². The number of hydrogen-bond donors (Lipinski definition) is 1. The Morgan fingerprint density at radius 1 is 1.07 bits per heavy atom. The van der Waals surface area contributed by atoms with Gasteiger partial charge in [-0.05, 0) is 61.7 Å². The Morgan fingerprint density at radius 2 is 1.91 bits per heavy atom. The van der Waals surface area contributed by atoms with Crippen LogP contribution >= 0.6 is 0 Å². The number of furan rings is 1. The van der Waals surface area contributed by atoms with Gasteiger partial charge in [0.1, 0.15) is 34.9 Å². The van der Waals surface area contributed by atoms with Crippen molar-refractivity contribution in [2.45, 2.75) is 37.8 Å². The molecule has 4 aromatic rings. The Kier molecular flexibility index (Phi) is 7.43. The van der Waals surface area contributed by atoms with Gasteiger partial charge in [0.05, 0.1) is 31.5 Å². The number of benzene rings is 1. The molecule has 1 atom stereocenters. The zero-order chi connectivity index (χ0) is 29.3. The smallest absolute Gasteiger partial charge is 0.253 e. The highest BCUT2D eigenvalue weighted by atomic mass is 16.5. The third kappa shape index (κ3) is 5.42. The van der Waals surface area contributed by atoms with Crippen molar-refractivity contribution < 1.29 is 23.4 Å². The lowest BCUT2D eigenvalue weighted by atomic mass is 9.84. The maximum Gasteiger partial charge on any atom is 0.253 e. The van der Waals surface area contributed by atoms with E-state index in [0.717, 1.165) is 56.4 Å². The molecule has 0 radical (unpaired) electrons. The third-order valence-electron chi connectivity index (χ3n) is 8.83. The number of amides is 1. The first kappa shape index (κ1) is 27.4. The van der Waals surface area contributed by atoms with Crippen LogP contribution in [0, 0.1) is 17.2 Å². The van der Waals surface area contributed by atoms with Crippen molar-refractivity contribution in [3.05, 3.63) is 59.9 Å². The Balaban J connectivity index is 1.15. The van der Waals surface area contributed by atoms with Gasteiger partial charge < -0.3 is 28.8 Å². The minimum Gasteiger partial charge on any atom is -0.494 e. The number of ether oxygens (including phenoxy) is 3. The zero-order valence-corrected chi connectivity index (χ0v) is 24.0. The first-order valence-corrected chi connectivity index (χ1v) is 14.8. The highest BCUT2D eigenvalue weighted by molar-refractivity contribution is 5.96. The topological polar surface area (TPSA) is 123 Å². The molecule has 10 nitrogen and oxygen atoms in total. The molecule has 4 aliphatic rings. The molecular weight excluding hydrogens is 546 g/mol. The molecule has 1 unspecified atom stereocenters. The molecule has 4 fully saturated rings. The van der Waals surface area contributed by atoms with Crippen molar-refractivity contribution in [1.29, 1.82) is 5.26 Å². The number of carbonyl (C=O) groups excluding carboxylic acids is 1. The number of piperidine rings is 3. The number of hydrogen-bond acceptors (Lipinski definition) is 9. The van der Waals surface area contributed by atoms with Gasteiger partial charge in [-0.15, -0.1) is 0 Å². The van der Waals surface area contributed by atoms with Gasteiger partial charge in [0.25, 0.3) is 5.91 Å². The summed E-state index contributed by atoms with van der Waals surface area (Å²) in [6, 6.07) is 13.4. The molecule has 1 aromatic carbocycles. The van der Waals surface area contributed by atoms with Crippen LogP contribution in [0.2, 0.25) is 0 Å². The summed E-state index contributed by atoms with van der Waals surface area (Å²) in [6.45, 7) is 4.45. The van der Waals surface area contributed by atoms with E-state index in [9.17, 15) is 10.1 Å². The summed E-state index contributed by atoms with van der Waals surface area (Å²) in [7, 11) is 1.55. The lowest BCUT2D eigenvalue weighted by Gasteiger charge is -2.44. The molecule has 4 aliphatic heterocycles. The van der Waals surface area contributed by atoms with Crippen molar-refractivity contribution >= 4 is 17.0 Å². The Hall–Kier alpha value is -4.46. The van der Waals surface area contributed by atoms with Gasteiger partial charge in [-0.2, -0.15) is 5.26 Å². The molecular formula is C33H33N5O5. The summed E-state index contributed by atoms with van der Waals surface area (Å²) < 4.78 is 23.5. The van der Waals surface area contributed by atoms with E-state index in [0.29, 0.717) is 64.3 Å². The van der Waals surface area contributed by atoms with Gasteiger partial charge in [0.15, 0.2) is 11.3 Å². The largest absolute Gasteiger partial charge is 0.494 e. The molecule has 1 amide bonds. The van der Waals surface area contributed by atoms with Crippen LogP contribution in [0.25, 0.3) is 33.7 Å². The number of nitriles is 1. The van der Waals surface area contributed by atoms with E-state index < -0.39 is 0 Å². The predicted molar refractivity (Wildman–Crippen MR) is 159 cm³/mol. The summed E-state index contributed by atoms with van der Waals surface area (Å²) in [6.07, 6.45) is 7.16. The normalized spacial score (nSPS) is 21.8. The molecule has 8 rings (SSSR count). The monoisotopic (exact) mass is 579 g/mol. The van der Waals surface area contributed by atoms with E-state index in [1.54, 1.807) is 25.6 Å². The number of nitrogens with zero attached hydrogens (tertiary/aromatic N) is 4. The number of pyridine rings is 2. The minimum atomic E-state index is -0.151. The number of aromatic nitrogens is 2. The lowest BCUT2D eigenvalue weighted by molar-refractivity contribution is 0.0254. The fourth-order valence-electron chi connectivity index (χ4n) is 6.43. The van der Waals surface area contributed by atoms with Crippen LogP contribution in [0.3, 0.4) is 0 Å². The summed E-state index contributed by atoms with van der Waals surface area (Å²) in [5.41, 5.74) is 4.18. The van der Waals surface area contributed by atoms with Crippen LogP contribution in [0.4, 0.5) is 0 Å². The van der Waals surface area contributed by atoms with Crippen molar-refractivity contribution in [3.63, 3.8) is 0 Å². The van der Waals surface area contributed by atoms with E-state index in [4.69, 9.17) is 18.6 Å². The molecule has 43 heavy (non-hydrogen) atoms. The highest BCUT2D eigenvalue weighted by Gasteiger charge is 2.35. The molecule has 2 bridgehead atoms. The molecule has 0 aliphatic carbocycles. The van der Waals surface area contributed by atoms with Gasteiger partial charge >= 0.3 is 0 Å². The summed E-state index contributed by atoms with van der Waals surface area (Å²) in [4.78, 5) is 24.6. The van der Waals surface area contributed by atoms with Crippen molar-refractivity contribution in [1.82, 2.24) is 20.2 Å².